The van der Waals surface area contributed by atoms with Gasteiger partial charge in [-0.2, -0.15) is 0 Å². The van der Waals surface area contributed by atoms with Crippen LogP contribution in [0.25, 0.3) is 0 Å². The predicted molar refractivity (Wildman–Crippen MR) is 276 cm³/mol. The molecule has 6 N–H and O–H groups in total. The number of ether oxygens (including phenoxy) is 2. The molecular weight excluding hydrogens is 827 g/mol. The van der Waals surface area contributed by atoms with Gasteiger partial charge >= 0.3 is 0 Å². The fraction of sp³-hybridized carbons (Fsp3) is 0.667. The van der Waals surface area contributed by atoms with E-state index in [1.165, 1.54) is 77.0 Å². The third-order valence-corrected chi connectivity index (χ3v) is 11.6. The minimum absolute atomic E-state index is 0.192. The molecule has 0 radical (unpaired) electrons. The van der Waals surface area contributed by atoms with Gasteiger partial charge in [-0.1, -0.05) is 213 Å². The number of carbonyl (C=O) groups is 1. The molecule has 0 aromatic carbocycles. The SMILES string of the molecule is CC/C=C\C/C=C\C/C=C\C/C=C\C/C=C\C/C=C\C/C=C\C/C=C\CCCCCCCCCCCCCCCCC(=O)NC(COC1OC(CO)C(O)C(O)C1O)C(O)/C=C/CCCC. The average molecular weight is 922 g/mol. The van der Waals surface area contributed by atoms with Crippen LogP contribution in [0.5, 0.6) is 0 Å². The standard InChI is InChI=1S/C57H95NO8/c1-3-5-7-9-10-11-12-13-14-15-16-17-18-19-20-21-22-23-24-25-26-27-28-29-30-31-32-33-34-35-36-37-38-39-40-41-42-43-45-47-53(61)58-50(51(60)46-44-8-6-4-2)49-65-57-56(64)55(63)54(62)52(48-59)66-57/h5,7,10-11,13-14,16-17,19-20,22-23,25-26,28-29,44,46,50-52,54-57,59-60,62-64H,3-4,6,8-9,12,15,18,21,24,27,30-43,45,47-49H2,1-2H3,(H,58,61)/b7-5-,11-10-,14-13-,17-16-,20-19-,23-22-,26-25-,29-28-,46-44+. The van der Waals surface area contributed by atoms with Crippen LogP contribution >= 0.6 is 0 Å². The van der Waals surface area contributed by atoms with Gasteiger partial charge in [-0.3, -0.25) is 4.79 Å². The minimum atomic E-state index is -1.57. The summed E-state index contributed by atoms with van der Waals surface area (Å²) in [6, 6.07) is -0.806. The van der Waals surface area contributed by atoms with Crippen LogP contribution in [-0.2, 0) is 14.3 Å². The van der Waals surface area contributed by atoms with Crippen molar-refractivity contribution in [2.75, 3.05) is 13.2 Å². The number of unbranched alkanes of at least 4 members (excludes halogenated alkanes) is 16. The highest BCUT2D eigenvalue weighted by molar-refractivity contribution is 5.76. The number of amides is 1. The number of aliphatic hydroxyl groups is 5. The number of carbonyl (C=O) groups excluding carboxylic acids is 1. The van der Waals surface area contributed by atoms with Gasteiger partial charge in [0.1, 0.15) is 24.4 Å². The fourth-order valence-corrected chi connectivity index (χ4v) is 7.45. The van der Waals surface area contributed by atoms with Crippen LogP contribution in [0.2, 0.25) is 0 Å². The van der Waals surface area contributed by atoms with Gasteiger partial charge in [-0.15, -0.1) is 0 Å². The van der Waals surface area contributed by atoms with Crippen LogP contribution in [0.4, 0.5) is 0 Å². The van der Waals surface area contributed by atoms with Gasteiger partial charge in [-0.25, -0.2) is 0 Å². The summed E-state index contributed by atoms with van der Waals surface area (Å²) < 4.78 is 11.1. The van der Waals surface area contributed by atoms with Crippen molar-refractivity contribution < 1.29 is 39.8 Å². The van der Waals surface area contributed by atoms with E-state index >= 15 is 0 Å². The molecule has 9 heteroatoms. The van der Waals surface area contributed by atoms with Gasteiger partial charge < -0.3 is 40.3 Å². The van der Waals surface area contributed by atoms with E-state index in [4.69, 9.17) is 9.47 Å². The highest BCUT2D eigenvalue weighted by Gasteiger charge is 2.44. The molecule has 0 aliphatic carbocycles. The van der Waals surface area contributed by atoms with Crippen molar-refractivity contribution in [2.45, 2.75) is 230 Å². The average Bonchev–Trinajstić information content (AvgIpc) is 3.32. The van der Waals surface area contributed by atoms with Crippen molar-refractivity contribution in [3.05, 3.63) is 109 Å². The Labute approximate surface area is 402 Å². The molecule has 0 bridgehead atoms. The number of aliphatic hydroxyl groups excluding tert-OH is 5. The lowest BCUT2D eigenvalue weighted by atomic mass is 9.99. The highest BCUT2D eigenvalue weighted by atomic mass is 16.7. The number of nitrogens with one attached hydrogen (secondary N) is 1. The van der Waals surface area contributed by atoms with Crippen molar-refractivity contribution in [1.82, 2.24) is 5.32 Å². The molecule has 0 saturated carbocycles. The summed E-state index contributed by atoms with van der Waals surface area (Å²) in [7, 11) is 0. The van der Waals surface area contributed by atoms with Gasteiger partial charge in [0.2, 0.25) is 5.91 Å². The Morgan fingerprint density at radius 3 is 1.38 bits per heavy atom. The maximum Gasteiger partial charge on any atom is 0.220 e. The zero-order valence-electron chi connectivity index (χ0n) is 41.4. The van der Waals surface area contributed by atoms with E-state index in [0.29, 0.717) is 6.42 Å². The summed E-state index contributed by atoms with van der Waals surface area (Å²) in [6.07, 6.45) is 61.0. The first-order valence-electron chi connectivity index (χ1n) is 26.1. The molecule has 1 fully saturated rings. The van der Waals surface area contributed by atoms with Crippen LogP contribution in [0, 0.1) is 0 Å². The second-order valence-corrected chi connectivity index (χ2v) is 17.6. The summed E-state index contributed by atoms with van der Waals surface area (Å²) in [5, 5.41) is 53.6. The largest absolute Gasteiger partial charge is 0.394 e. The van der Waals surface area contributed by atoms with Crippen molar-refractivity contribution in [1.29, 1.82) is 0 Å². The van der Waals surface area contributed by atoms with E-state index in [2.05, 4.69) is 116 Å². The molecule has 1 aliphatic heterocycles. The van der Waals surface area contributed by atoms with Gasteiger partial charge in [0.25, 0.3) is 0 Å². The molecule has 0 aromatic rings. The second kappa shape index (κ2) is 45.6. The smallest absolute Gasteiger partial charge is 0.220 e. The lowest BCUT2D eigenvalue weighted by Crippen LogP contribution is -2.60. The van der Waals surface area contributed by atoms with Gasteiger partial charge in [-0.05, 0) is 77.0 Å². The van der Waals surface area contributed by atoms with Crippen LogP contribution in [0.1, 0.15) is 187 Å². The first-order chi connectivity index (χ1) is 32.3. The van der Waals surface area contributed by atoms with E-state index in [0.717, 1.165) is 89.9 Å². The molecule has 376 valence electrons. The summed E-state index contributed by atoms with van der Waals surface area (Å²) in [5.41, 5.74) is 0. The summed E-state index contributed by atoms with van der Waals surface area (Å²) in [4.78, 5) is 12.8. The molecule has 7 unspecified atom stereocenters. The Kier molecular flexibility index (Phi) is 42.1. The first kappa shape index (κ1) is 60.9. The third-order valence-electron chi connectivity index (χ3n) is 11.6. The Balaban J connectivity index is 2.00. The number of hydrogen-bond donors (Lipinski definition) is 6. The molecule has 66 heavy (non-hydrogen) atoms. The second-order valence-electron chi connectivity index (χ2n) is 17.6. The number of hydrogen-bond acceptors (Lipinski definition) is 8. The first-order valence-corrected chi connectivity index (χ1v) is 26.1. The molecule has 0 aromatic heterocycles. The topological polar surface area (TPSA) is 149 Å². The molecule has 0 spiro atoms. The lowest BCUT2D eigenvalue weighted by molar-refractivity contribution is -0.302. The highest BCUT2D eigenvalue weighted by Crippen LogP contribution is 2.22. The molecule has 1 heterocycles. The van der Waals surface area contributed by atoms with Gasteiger partial charge in [0.15, 0.2) is 6.29 Å². The molecule has 1 saturated heterocycles. The fourth-order valence-electron chi connectivity index (χ4n) is 7.45. The third kappa shape index (κ3) is 35.1. The summed E-state index contributed by atoms with van der Waals surface area (Å²) in [6.45, 7) is 3.48. The van der Waals surface area contributed by atoms with Gasteiger partial charge in [0, 0.05) is 6.42 Å². The Morgan fingerprint density at radius 1 is 0.530 bits per heavy atom. The molecular formula is C57H95NO8. The van der Waals surface area contributed by atoms with Gasteiger partial charge in [0.05, 0.1) is 25.4 Å². The van der Waals surface area contributed by atoms with E-state index in [-0.39, 0.29) is 12.5 Å². The van der Waals surface area contributed by atoms with Crippen LogP contribution in [0.3, 0.4) is 0 Å². The molecule has 1 aliphatic rings. The summed E-state index contributed by atoms with van der Waals surface area (Å²) >= 11 is 0. The Morgan fingerprint density at radius 2 is 0.939 bits per heavy atom. The van der Waals surface area contributed by atoms with Crippen LogP contribution < -0.4 is 5.32 Å². The maximum atomic E-state index is 12.8. The quantitative estimate of drug-likeness (QED) is 0.0262. The Bertz CT molecular complexity index is 1390. The van der Waals surface area contributed by atoms with Crippen molar-refractivity contribution in [3.63, 3.8) is 0 Å². The monoisotopic (exact) mass is 922 g/mol. The Hall–Kier alpha value is -3.15. The van der Waals surface area contributed by atoms with Crippen LogP contribution in [0.15, 0.2) is 109 Å². The van der Waals surface area contributed by atoms with Crippen molar-refractivity contribution >= 4 is 5.91 Å². The minimum Gasteiger partial charge on any atom is -0.394 e. The van der Waals surface area contributed by atoms with Crippen molar-refractivity contribution in [3.8, 4) is 0 Å². The van der Waals surface area contributed by atoms with E-state index < -0.39 is 49.5 Å². The number of allylic oxidation sites excluding steroid dienone is 17. The zero-order valence-corrected chi connectivity index (χ0v) is 41.4. The van der Waals surface area contributed by atoms with E-state index in [1.54, 1.807) is 6.08 Å². The maximum absolute atomic E-state index is 12.8. The molecule has 1 rings (SSSR count). The van der Waals surface area contributed by atoms with E-state index in [1.807, 2.05) is 6.08 Å². The number of rotatable bonds is 42. The zero-order chi connectivity index (χ0) is 48.0. The lowest BCUT2D eigenvalue weighted by Gasteiger charge is -2.40. The molecule has 1 amide bonds. The predicted octanol–water partition coefficient (Wildman–Crippen LogP) is 12.2. The molecule has 7 atom stereocenters. The summed E-state index contributed by atoms with van der Waals surface area (Å²) in [5.74, 6) is -0.192. The normalized spacial score (nSPS) is 20.7. The van der Waals surface area contributed by atoms with Crippen LogP contribution in [-0.4, -0.2) is 87.5 Å². The van der Waals surface area contributed by atoms with Crippen molar-refractivity contribution in [2.24, 2.45) is 0 Å². The van der Waals surface area contributed by atoms with E-state index in [9.17, 15) is 30.3 Å². The molecule has 9 nitrogen and oxygen atoms in total.